The standard InChI is InChI=1S/C25H20N4O5/c30-23(16-2-1-7-26-11-16)27-17-10-20-24(31)28-19-5-3-14(8-18(19)25(32)29(20)12-17)15-4-6-21-22(9-15)34-13-33-21/h1-9,11,17,20H,10,12-13H2,(H,27,30)(H,28,31)/t17-,20-/m0/s1. The van der Waals surface area contributed by atoms with Crippen molar-refractivity contribution in [2.24, 2.45) is 0 Å². The molecule has 34 heavy (non-hydrogen) atoms. The first kappa shape index (κ1) is 20.2. The van der Waals surface area contributed by atoms with Gasteiger partial charge in [0.15, 0.2) is 11.5 Å². The van der Waals surface area contributed by atoms with E-state index in [2.05, 4.69) is 15.6 Å². The lowest BCUT2D eigenvalue weighted by molar-refractivity contribution is -0.119. The maximum Gasteiger partial charge on any atom is 0.256 e. The fourth-order valence-corrected chi connectivity index (χ4v) is 4.64. The van der Waals surface area contributed by atoms with Gasteiger partial charge in [0.2, 0.25) is 12.7 Å². The van der Waals surface area contributed by atoms with Crippen molar-refractivity contribution < 1.29 is 23.9 Å². The second-order valence-electron chi connectivity index (χ2n) is 8.44. The number of rotatable bonds is 3. The fraction of sp³-hybridized carbons (Fsp3) is 0.200. The van der Waals surface area contributed by atoms with Gasteiger partial charge in [-0.15, -0.1) is 0 Å². The van der Waals surface area contributed by atoms with Gasteiger partial charge >= 0.3 is 0 Å². The van der Waals surface area contributed by atoms with Crippen molar-refractivity contribution in [1.82, 2.24) is 15.2 Å². The number of nitrogens with one attached hydrogen (secondary N) is 2. The zero-order valence-corrected chi connectivity index (χ0v) is 18.0. The summed E-state index contributed by atoms with van der Waals surface area (Å²) in [6.07, 6.45) is 3.41. The fourth-order valence-electron chi connectivity index (χ4n) is 4.64. The van der Waals surface area contributed by atoms with Crippen LogP contribution < -0.4 is 20.1 Å². The van der Waals surface area contributed by atoms with Crippen LogP contribution in [-0.4, -0.2) is 53.0 Å². The van der Waals surface area contributed by atoms with Crippen molar-refractivity contribution in [3.8, 4) is 22.6 Å². The van der Waals surface area contributed by atoms with Gasteiger partial charge in [-0.25, -0.2) is 0 Å². The molecule has 2 aromatic carbocycles. The molecule has 0 saturated carbocycles. The number of hydrogen-bond acceptors (Lipinski definition) is 6. The van der Waals surface area contributed by atoms with Crippen LogP contribution in [-0.2, 0) is 4.79 Å². The van der Waals surface area contributed by atoms with Crippen molar-refractivity contribution >= 4 is 23.4 Å². The van der Waals surface area contributed by atoms with E-state index in [1.54, 1.807) is 35.4 Å². The zero-order chi connectivity index (χ0) is 23.2. The Labute approximate surface area is 194 Å². The Balaban J connectivity index is 1.26. The molecule has 170 valence electrons. The van der Waals surface area contributed by atoms with E-state index >= 15 is 0 Å². The number of pyridine rings is 1. The number of carbonyl (C=O) groups is 3. The first-order valence-corrected chi connectivity index (χ1v) is 10.9. The minimum Gasteiger partial charge on any atom is -0.454 e. The Morgan fingerprint density at radius 3 is 2.74 bits per heavy atom. The molecule has 0 radical (unpaired) electrons. The first-order chi connectivity index (χ1) is 16.6. The van der Waals surface area contributed by atoms with Crippen LogP contribution in [0.3, 0.4) is 0 Å². The molecule has 3 aliphatic rings. The number of nitrogens with zero attached hydrogens (tertiary/aromatic N) is 2. The van der Waals surface area contributed by atoms with E-state index in [4.69, 9.17) is 9.47 Å². The SMILES string of the molecule is O=C(N[C@H]1C[C@H]2C(=O)Nc3ccc(-c4ccc5c(c4)OCO5)cc3C(=O)N2C1)c1cccnc1. The highest BCUT2D eigenvalue weighted by molar-refractivity contribution is 6.11. The predicted octanol–water partition coefficient (Wildman–Crippen LogP) is 2.44. The van der Waals surface area contributed by atoms with E-state index in [1.807, 2.05) is 24.3 Å². The average Bonchev–Trinajstić information content (AvgIpc) is 3.49. The van der Waals surface area contributed by atoms with Crippen LogP contribution in [0.15, 0.2) is 60.9 Å². The van der Waals surface area contributed by atoms with Crippen molar-refractivity contribution in [1.29, 1.82) is 0 Å². The second-order valence-corrected chi connectivity index (χ2v) is 8.44. The van der Waals surface area contributed by atoms with Gasteiger partial charge in [0.25, 0.3) is 11.8 Å². The van der Waals surface area contributed by atoms with Gasteiger partial charge in [-0.05, 0) is 53.9 Å². The average molecular weight is 456 g/mol. The summed E-state index contributed by atoms with van der Waals surface area (Å²) in [6, 6.07) is 13.3. The number of amides is 3. The zero-order valence-electron chi connectivity index (χ0n) is 18.0. The summed E-state index contributed by atoms with van der Waals surface area (Å²) < 4.78 is 10.8. The number of hydrogen-bond donors (Lipinski definition) is 2. The van der Waals surface area contributed by atoms with Gasteiger partial charge in [0, 0.05) is 25.0 Å². The highest BCUT2D eigenvalue weighted by Gasteiger charge is 2.43. The molecule has 9 nitrogen and oxygen atoms in total. The van der Waals surface area contributed by atoms with Gasteiger partial charge in [-0.2, -0.15) is 0 Å². The van der Waals surface area contributed by atoms with Gasteiger partial charge in [0.1, 0.15) is 6.04 Å². The van der Waals surface area contributed by atoms with E-state index in [0.717, 1.165) is 11.1 Å². The molecular weight excluding hydrogens is 436 g/mol. The second kappa shape index (κ2) is 7.87. The summed E-state index contributed by atoms with van der Waals surface area (Å²) >= 11 is 0. The van der Waals surface area contributed by atoms with Crippen LogP contribution in [0, 0.1) is 0 Å². The largest absolute Gasteiger partial charge is 0.454 e. The monoisotopic (exact) mass is 456 g/mol. The van der Waals surface area contributed by atoms with Gasteiger partial charge in [-0.1, -0.05) is 12.1 Å². The highest BCUT2D eigenvalue weighted by atomic mass is 16.7. The maximum absolute atomic E-state index is 13.5. The third-order valence-corrected chi connectivity index (χ3v) is 6.34. The predicted molar refractivity (Wildman–Crippen MR) is 122 cm³/mol. The van der Waals surface area contributed by atoms with Gasteiger partial charge < -0.3 is 25.0 Å². The maximum atomic E-state index is 13.5. The van der Waals surface area contributed by atoms with Crippen LogP contribution in [0.4, 0.5) is 5.69 Å². The number of fused-ring (bicyclic) bond motifs is 3. The van der Waals surface area contributed by atoms with Crippen molar-refractivity contribution in [2.45, 2.75) is 18.5 Å². The molecule has 4 heterocycles. The molecule has 3 amide bonds. The summed E-state index contributed by atoms with van der Waals surface area (Å²) in [5.74, 6) is 0.536. The third kappa shape index (κ3) is 3.42. The topological polar surface area (TPSA) is 110 Å². The first-order valence-electron chi connectivity index (χ1n) is 10.9. The Morgan fingerprint density at radius 1 is 1.06 bits per heavy atom. The summed E-state index contributed by atoms with van der Waals surface area (Å²) in [4.78, 5) is 44.5. The number of benzene rings is 2. The Kier molecular flexibility index (Phi) is 4.68. The molecular formula is C25H20N4O5. The normalized spacial score (nSPS) is 20.3. The quantitative estimate of drug-likeness (QED) is 0.627. The highest BCUT2D eigenvalue weighted by Crippen LogP contribution is 2.37. The molecule has 2 N–H and O–H groups in total. The number of aromatic nitrogens is 1. The Morgan fingerprint density at radius 2 is 1.88 bits per heavy atom. The van der Waals surface area contributed by atoms with Crippen molar-refractivity contribution in [3.05, 3.63) is 72.1 Å². The molecule has 6 rings (SSSR count). The minimum atomic E-state index is -0.659. The number of anilines is 1. The molecule has 0 unspecified atom stereocenters. The van der Waals surface area contributed by atoms with Gasteiger partial charge in [0.05, 0.1) is 16.8 Å². The van der Waals surface area contributed by atoms with E-state index in [9.17, 15) is 14.4 Å². The third-order valence-electron chi connectivity index (χ3n) is 6.34. The van der Waals surface area contributed by atoms with Crippen LogP contribution in [0.2, 0.25) is 0 Å². The van der Waals surface area contributed by atoms with Crippen LogP contribution >= 0.6 is 0 Å². The van der Waals surface area contributed by atoms with Gasteiger partial charge in [-0.3, -0.25) is 19.4 Å². The molecule has 3 aromatic rings. The van der Waals surface area contributed by atoms with Crippen molar-refractivity contribution in [3.63, 3.8) is 0 Å². The van der Waals surface area contributed by atoms with E-state index in [0.29, 0.717) is 34.7 Å². The number of carbonyl (C=O) groups excluding carboxylic acids is 3. The van der Waals surface area contributed by atoms with Crippen molar-refractivity contribution in [2.75, 3.05) is 18.7 Å². The van der Waals surface area contributed by atoms with Crippen LogP contribution in [0.5, 0.6) is 11.5 Å². The number of ether oxygens (including phenoxy) is 2. The molecule has 2 atom stereocenters. The molecule has 1 fully saturated rings. The molecule has 0 aliphatic carbocycles. The lowest BCUT2D eigenvalue weighted by Gasteiger charge is -2.20. The van der Waals surface area contributed by atoms with Crippen LogP contribution in [0.1, 0.15) is 27.1 Å². The molecule has 3 aliphatic heterocycles. The summed E-state index contributed by atoms with van der Waals surface area (Å²) in [7, 11) is 0. The van der Waals surface area contributed by atoms with E-state index in [-0.39, 0.29) is 37.1 Å². The lowest BCUT2D eigenvalue weighted by atomic mass is 10.0. The Bertz CT molecular complexity index is 1330. The summed E-state index contributed by atoms with van der Waals surface area (Å²) in [5, 5.41) is 5.80. The summed E-state index contributed by atoms with van der Waals surface area (Å²) in [6.45, 7) is 0.430. The molecule has 1 aromatic heterocycles. The molecule has 0 bridgehead atoms. The molecule has 9 heteroatoms. The van der Waals surface area contributed by atoms with Crippen LogP contribution in [0.25, 0.3) is 11.1 Å². The molecule has 1 saturated heterocycles. The lowest BCUT2D eigenvalue weighted by Crippen LogP contribution is -2.41. The summed E-state index contributed by atoms with van der Waals surface area (Å²) in [5.41, 5.74) is 3.00. The van der Waals surface area contributed by atoms with E-state index < -0.39 is 6.04 Å². The van der Waals surface area contributed by atoms with E-state index in [1.165, 1.54) is 6.20 Å². The molecule has 0 spiro atoms. The minimum absolute atomic E-state index is 0.183. The smallest absolute Gasteiger partial charge is 0.256 e. The Hall–Kier alpha value is -4.40.